The molecule has 0 aromatic carbocycles. The van der Waals surface area contributed by atoms with Crippen LogP contribution in [0.3, 0.4) is 0 Å². The molecular weight excluding hydrogens is 555 g/mol. The third kappa shape index (κ3) is 4.68. The predicted octanol–water partition coefficient (Wildman–Crippen LogP) is 4.10. The van der Waals surface area contributed by atoms with Crippen LogP contribution in [0.2, 0.25) is 10.6 Å². The molecule has 6 aliphatic rings. The van der Waals surface area contributed by atoms with Gasteiger partial charge in [-0.25, -0.2) is 9.97 Å². The van der Waals surface area contributed by atoms with Gasteiger partial charge in [-0.2, -0.15) is 14.5 Å². The number of hydrogen-bond donors (Lipinski definition) is 3. The Kier molecular flexibility index (Phi) is 6.42. The largest absolute Gasteiger partial charge is 0.380 e. The fourth-order valence-corrected chi connectivity index (χ4v) is 8.99. The van der Waals surface area contributed by atoms with E-state index in [4.69, 9.17) is 32.7 Å². The van der Waals surface area contributed by atoms with Gasteiger partial charge in [0.15, 0.2) is 22.7 Å². The van der Waals surface area contributed by atoms with Gasteiger partial charge in [-0.1, -0.05) is 0 Å². The second-order valence-corrected chi connectivity index (χ2v) is 14.5. The molecule has 1 unspecified atom stereocenters. The quantitative estimate of drug-likeness (QED) is 0.359. The summed E-state index contributed by atoms with van der Waals surface area (Å²) >= 11 is 13.0. The number of aryl methyl sites for hydroxylation is 2. The Hall–Kier alpha value is -1.08. The van der Waals surface area contributed by atoms with Gasteiger partial charge in [0.2, 0.25) is 10.6 Å². The molecule has 6 heterocycles. The highest BCUT2D eigenvalue weighted by Gasteiger charge is 2.51. The number of rotatable bonds is 4. The van der Waals surface area contributed by atoms with E-state index in [1.54, 1.807) is 0 Å². The van der Waals surface area contributed by atoms with Gasteiger partial charge in [0.25, 0.3) is 4.90 Å². The van der Waals surface area contributed by atoms with Crippen molar-refractivity contribution in [1.82, 2.24) is 19.9 Å². The number of nitrogens with zero attached hydrogens (tertiary/aromatic N) is 4. The summed E-state index contributed by atoms with van der Waals surface area (Å²) in [5, 5.41) is 7.59. The van der Waals surface area contributed by atoms with Gasteiger partial charge >= 0.3 is 0 Å². The van der Waals surface area contributed by atoms with Gasteiger partial charge in [0, 0.05) is 41.5 Å². The van der Waals surface area contributed by atoms with Crippen LogP contribution in [0.1, 0.15) is 37.1 Å². The Morgan fingerprint density at radius 1 is 0.811 bits per heavy atom. The lowest BCUT2D eigenvalue weighted by molar-refractivity contribution is -0.159. The zero-order valence-corrected chi connectivity index (χ0v) is 23.4. The first-order valence-electron chi connectivity index (χ1n) is 12.7. The topological polar surface area (TPSA) is 114 Å². The molecule has 2 saturated heterocycles. The summed E-state index contributed by atoms with van der Waals surface area (Å²) in [5.41, 5.74) is 2.89. The van der Waals surface area contributed by atoms with Crippen LogP contribution in [0.15, 0.2) is 9.79 Å². The lowest BCUT2D eigenvalue weighted by atomic mass is 9.64. The molecule has 2 aliphatic carbocycles. The summed E-state index contributed by atoms with van der Waals surface area (Å²) in [4.78, 5) is 19.2. The average Bonchev–Trinajstić information content (AvgIpc) is 3.36. The van der Waals surface area contributed by atoms with Crippen molar-refractivity contribution in [3.8, 4) is 0 Å². The van der Waals surface area contributed by atoms with E-state index in [-0.39, 0.29) is 5.28 Å². The molecule has 2 aromatic rings. The maximum absolute atomic E-state index is 10.1. The van der Waals surface area contributed by atoms with Crippen molar-refractivity contribution in [2.45, 2.75) is 60.4 Å². The minimum absolute atomic E-state index is 0.265. The van der Waals surface area contributed by atoms with Crippen molar-refractivity contribution < 1.29 is 14.0 Å². The summed E-state index contributed by atoms with van der Waals surface area (Å²) in [6.07, 6.45) is 6.39. The number of fused-ring (bicyclic) bond motifs is 2. The average molecular weight is 585 g/mol. The molecule has 1 atom stereocenters. The second kappa shape index (κ2) is 9.53. The van der Waals surface area contributed by atoms with Crippen molar-refractivity contribution in [3.63, 3.8) is 0 Å². The first-order chi connectivity index (χ1) is 17.9. The zero-order valence-electron chi connectivity index (χ0n) is 20.3. The molecule has 2 spiro atoms. The number of hydrogen-bond acceptors (Lipinski definition) is 10. The maximum atomic E-state index is 10.1. The number of nitrogens with one attached hydrogen (secondary N) is 2. The Balaban J connectivity index is 0.000000125. The molecule has 0 amide bonds. The van der Waals surface area contributed by atoms with Crippen LogP contribution in [-0.4, -0.2) is 74.5 Å². The number of aromatic nitrogens is 4. The number of halogens is 2. The standard InChI is InChI=1S/C12H15ClN3O2S.C12H14ClN3OS/c13-11-15-8-1-2-19(17)9(8)10(16-11)14-7-3-12(4-7)5-18-6-12;13-11-15-8-1-2-18-9(8)10(16-11)14-7-3-12(4-7)5-17-6-12/h7,17H,1-6H2,(H,14,15,16);7H,1-6H2,(H,14,15,16)/q+1;. The highest BCUT2D eigenvalue weighted by Crippen LogP contribution is 2.49. The van der Waals surface area contributed by atoms with Crippen molar-refractivity contribution in [2.24, 2.45) is 10.8 Å². The third-order valence-electron chi connectivity index (χ3n) is 8.20. The van der Waals surface area contributed by atoms with E-state index in [0.29, 0.717) is 28.2 Å². The normalized spacial score (nSPS) is 27.6. The monoisotopic (exact) mass is 583 g/mol. The van der Waals surface area contributed by atoms with Gasteiger partial charge in [-0.05, 0) is 48.9 Å². The first kappa shape index (κ1) is 24.9. The molecule has 2 aromatic heterocycles. The van der Waals surface area contributed by atoms with E-state index in [0.717, 1.165) is 91.5 Å². The molecule has 9 nitrogen and oxygen atoms in total. The second-order valence-electron chi connectivity index (χ2n) is 11.1. The van der Waals surface area contributed by atoms with Crippen molar-refractivity contribution in [2.75, 3.05) is 48.6 Å². The van der Waals surface area contributed by atoms with Gasteiger partial charge < -0.3 is 20.1 Å². The molecule has 198 valence electrons. The fraction of sp³-hybridized carbons (Fsp3) is 0.667. The van der Waals surface area contributed by atoms with Gasteiger partial charge in [-0.15, -0.1) is 11.8 Å². The van der Waals surface area contributed by atoms with Crippen LogP contribution in [0.25, 0.3) is 0 Å². The zero-order chi connectivity index (χ0) is 25.2. The van der Waals surface area contributed by atoms with Gasteiger partial charge in [0.05, 0.1) is 37.0 Å². The smallest absolute Gasteiger partial charge is 0.253 e. The third-order valence-corrected chi connectivity index (χ3v) is 11.2. The van der Waals surface area contributed by atoms with E-state index in [1.807, 2.05) is 11.8 Å². The lowest BCUT2D eigenvalue weighted by Crippen LogP contribution is -2.56. The SMILES string of the molecule is Clc1nc2c(c(NC3CC4(COC4)C3)n1)SCC2.O[S+]1CCc2nc(Cl)nc(NC3CC4(COC4)C3)c21. The van der Waals surface area contributed by atoms with Crippen LogP contribution < -0.4 is 10.6 Å². The summed E-state index contributed by atoms with van der Waals surface area (Å²) in [7, 11) is 0. The van der Waals surface area contributed by atoms with Crippen molar-refractivity contribution >= 4 is 57.8 Å². The van der Waals surface area contributed by atoms with E-state index < -0.39 is 11.2 Å². The molecule has 2 saturated carbocycles. The number of thioether (sulfide) groups is 1. The Morgan fingerprint density at radius 3 is 1.97 bits per heavy atom. The van der Waals surface area contributed by atoms with Crippen molar-refractivity contribution in [3.05, 3.63) is 22.0 Å². The summed E-state index contributed by atoms with van der Waals surface area (Å²) in [5.74, 6) is 3.49. The maximum Gasteiger partial charge on any atom is 0.253 e. The van der Waals surface area contributed by atoms with Gasteiger partial charge in [0.1, 0.15) is 11.5 Å². The Bertz CT molecular complexity index is 1220. The summed E-state index contributed by atoms with van der Waals surface area (Å²) in [6, 6.07) is 0.932. The number of ether oxygens (including phenoxy) is 2. The molecular formula is C24H29Cl2N6O3S2+. The molecule has 0 radical (unpaired) electrons. The summed E-state index contributed by atoms with van der Waals surface area (Å²) < 4.78 is 20.6. The summed E-state index contributed by atoms with van der Waals surface area (Å²) in [6.45, 7) is 3.64. The molecule has 4 aliphatic heterocycles. The van der Waals surface area contributed by atoms with Crippen LogP contribution in [0.5, 0.6) is 0 Å². The lowest BCUT2D eigenvalue weighted by Gasteiger charge is -2.53. The fourth-order valence-electron chi connectivity index (χ4n) is 6.23. The minimum atomic E-state index is -0.740. The van der Waals surface area contributed by atoms with E-state index in [2.05, 4.69) is 30.6 Å². The molecule has 8 rings (SSSR count). The number of anilines is 2. The minimum Gasteiger partial charge on any atom is -0.380 e. The molecule has 3 N–H and O–H groups in total. The van der Waals surface area contributed by atoms with Crippen LogP contribution in [0.4, 0.5) is 11.6 Å². The van der Waals surface area contributed by atoms with Crippen LogP contribution in [0, 0.1) is 10.8 Å². The Morgan fingerprint density at radius 2 is 1.38 bits per heavy atom. The van der Waals surface area contributed by atoms with Crippen molar-refractivity contribution in [1.29, 1.82) is 0 Å². The molecule has 37 heavy (non-hydrogen) atoms. The predicted molar refractivity (Wildman–Crippen MR) is 145 cm³/mol. The van der Waals surface area contributed by atoms with Crippen LogP contribution in [-0.2, 0) is 33.5 Å². The molecule has 4 fully saturated rings. The highest BCUT2D eigenvalue weighted by molar-refractivity contribution is 7.99. The van der Waals surface area contributed by atoms with E-state index in [1.165, 1.54) is 17.7 Å². The molecule has 0 bridgehead atoms. The first-order valence-corrected chi connectivity index (χ1v) is 15.8. The van der Waals surface area contributed by atoms with Crippen LogP contribution >= 0.6 is 35.0 Å². The van der Waals surface area contributed by atoms with E-state index in [9.17, 15) is 4.55 Å². The molecule has 13 heteroatoms. The highest BCUT2D eigenvalue weighted by atomic mass is 35.5. The van der Waals surface area contributed by atoms with E-state index >= 15 is 0 Å². The van der Waals surface area contributed by atoms with Gasteiger partial charge in [-0.3, -0.25) is 0 Å². The Labute approximate surface area is 232 Å².